The summed E-state index contributed by atoms with van der Waals surface area (Å²) >= 11 is 0. The molecule has 1 aromatic rings. The Kier molecular flexibility index (Phi) is 2.49. The maximum Gasteiger partial charge on any atom is 0.188 e. The molecule has 56 valence electrons. The lowest BCUT2D eigenvalue weighted by Gasteiger charge is -1.92. The second kappa shape index (κ2) is 3.61. The molecule has 3 nitrogen and oxygen atoms in total. The molecule has 1 rings (SSSR count). The van der Waals surface area contributed by atoms with Crippen molar-refractivity contribution in [3.8, 4) is 0 Å². The molecule has 0 radical (unpaired) electrons. The summed E-state index contributed by atoms with van der Waals surface area (Å²) < 4.78 is 0. The van der Waals surface area contributed by atoms with E-state index in [0.717, 1.165) is 0 Å². The lowest BCUT2D eigenvalue weighted by atomic mass is 10.2. The highest BCUT2D eigenvalue weighted by Crippen LogP contribution is 1.96. The fraction of sp³-hybridized carbons (Fsp3) is 0.125. The van der Waals surface area contributed by atoms with Crippen LogP contribution >= 0.6 is 0 Å². The Bertz CT molecular complexity index is 256. The van der Waals surface area contributed by atoms with Crippen molar-refractivity contribution in [3.05, 3.63) is 30.1 Å². The Morgan fingerprint density at radius 3 is 2.91 bits per heavy atom. The van der Waals surface area contributed by atoms with Gasteiger partial charge in [0.2, 0.25) is 0 Å². The third kappa shape index (κ3) is 1.97. The van der Waals surface area contributed by atoms with Gasteiger partial charge < -0.3 is 4.79 Å². The Balaban J connectivity index is 2.77. The second-order valence-corrected chi connectivity index (χ2v) is 2.01. The second-order valence-electron chi connectivity index (χ2n) is 2.01. The summed E-state index contributed by atoms with van der Waals surface area (Å²) in [6, 6.07) is 5.02. The Hall–Kier alpha value is -1.51. The van der Waals surface area contributed by atoms with E-state index in [1.165, 1.54) is 6.20 Å². The van der Waals surface area contributed by atoms with Crippen LogP contribution in [-0.4, -0.2) is 17.1 Å². The van der Waals surface area contributed by atoms with Gasteiger partial charge in [0.25, 0.3) is 0 Å². The van der Waals surface area contributed by atoms with E-state index >= 15 is 0 Å². The van der Waals surface area contributed by atoms with Gasteiger partial charge >= 0.3 is 0 Å². The molecule has 0 N–H and O–H groups in total. The Morgan fingerprint density at radius 2 is 2.36 bits per heavy atom. The van der Waals surface area contributed by atoms with Crippen LogP contribution in [0.3, 0.4) is 0 Å². The first-order valence-electron chi connectivity index (χ1n) is 3.22. The van der Waals surface area contributed by atoms with Crippen molar-refractivity contribution in [1.29, 1.82) is 0 Å². The largest absolute Gasteiger partial charge is 0.303 e. The third-order valence-corrected chi connectivity index (χ3v) is 1.22. The fourth-order valence-electron chi connectivity index (χ4n) is 0.708. The first-order chi connectivity index (χ1) is 5.34. The SMILES string of the molecule is O=CCC(=O)c1ccccn1. The van der Waals surface area contributed by atoms with Crippen LogP contribution in [0, 0.1) is 0 Å². The number of carbonyl (C=O) groups is 2. The minimum Gasteiger partial charge on any atom is -0.303 e. The molecule has 0 unspecified atom stereocenters. The molecular weight excluding hydrogens is 142 g/mol. The van der Waals surface area contributed by atoms with Gasteiger partial charge in [0.05, 0.1) is 6.42 Å². The van der Waals surface area contributed by atoms with E-state index in [1.54, 1.807) is 18.2 Å². The van der Waals surface area contributed by atoms with Crippen LogP contribution in [0.15, 0.2) is 24.4 Å². The molecule has 3 heteroatoms. The average Bonchev–Trinajstić information content (AvgIpc) is 2.07. The molecular formula is C8H7NO2. The molecule has 0 aliphatic heterocycles. The quantitative estimate of drug-likeness (QED) is 0.363. The number of hydrogen-bond donors (Lipinski definition) is 0. The molecule has 0 saturated heterocycles. The number of ketones is 1. The molecule has 1 heterocycles. The Labute approximate surface area is 64.1 Å². The van der Waals surface area contributed by atoms with Gasteiger partial charge in [0.1, 0.15) is 12.0 Å². The van der Waals surface area contributed by atoms with Crippen molar-refractivity contribution < 1.29 is 9.59 Å². The van der Waals surface area contributed by atoms with Gasteiger partial charge in [-0.1, -0.05) is 6.07 Å². The van der Waals surface area contributed by atoms with Gasteiger partial charge in [-0.15, -0.1) is 0 Å². The van der Waals surface area contributed by atoms with Crippen molar-refractivity contribution in [2.45, 2.75) is 6.42 Å². The van der Waals surface area contributed by atoms with E-state index in [9.17, 15) is 9.59 Å². The highest BCUT2D eigenvalue weighted by atomic mass is 16.1. The molecule has 0 atom stereocenters. The number of rotatable bonds is 3. The zero-order valence-electron chi connectivity index (χ0n) is 5.86. The monoisotopic (exact) mass is 149 g/mol. The molecule has 0 aliphatic rings. The van der Waals surface area contributed by atoms with Gasteiger partial charge in [-0.25, -0.2) is 0 Å². The summed E-state index contributed by atoms with van der Waals surface area (Å²) in [6.07, 6.45) is 2.02. The zero-order chi connectivity index (χ0) is 8.10. The van der Waals surface area contributed by atoms with Gasteiger partial charge in [-0.05, 0) is 12.1 Å². The first kappa shape index (κ1) is 7.60. The van der Waals surface area contributed by atoms with E-state index in [4.69, 9.17) is 0 Å². The molecule has 0 spiro atoms. The number of Topliss-reactive ketones (excluding diaryl/α,β-unsaturated/α-hetero) is 1. The van der Waals surface area contributed by atoms with E-state index in [-0.39, 0.29) is 12.2 Å². The van der Waals surface area contributed by atoms with E-state index < -0.39 is 0 Å². The van der Waals surface area contributed by atoms with Crippen LogP contribution in [0.1, 0.15) is 16.9 Å². The summed E-state index contributed by atoms with van der Waals surface area (Å²) in [4.78, 5) is 24.7. The molecule has 0 fully saturated rings. The van der Waals surface area contributed by atoms with Crippen LogP contribution in [0.25, 0.3) is 0 Å². The fourth-order valence-corrected chi connectivity index (χ4v) is 0.708. The number of nitrogens with zero attached hydrogens (tertiary/aromatic N) is 1. The highest BCUT2D eigenvalue weighted by Gasteiger charge is 2.03. The predicted molar refractivity (Wildman–Crippen MR) is 39.2 cm³/mol. The van der Waals surface area contributed by atoms with E-state index in [0.29, 0.717) is 12.0 Å². The molecule has 0 aromatic carbocycles. The molecule has 1 aromatic heterocycles. The summed E-state index contributed by atoms with van der Waals surface area (Å²) in [5.74, 6) is -0.236. The molecule has 0 amide bonds. The maximum absolute atomic E-state index is 11.0. The topological polar surface area (TPSA) is 47.0 Å². The van der Waals surface area contributed by atoms with Gasteiger partial charge in [-0.3, -0.25) is 9.78 Å². The minimum absolute atomic E-state index is 0.0863. The van der Waals surface area contributed by atoms with Gasteiger partial charge in [0, 0.05) is 6.20 Å². The molecule has 11 heavy (non-hydrogen) atoms. The maximum atomic E-state index is 11.0. The number of aromatic nitrogens is 1. The lowest BCUT2D eigenvalue weighted by molar-refractivity contribution is -0.107. The predicted octanol–water partition coefficient (Wildman–Crippen LogP) is 0.853. The van der Waals surface area contributed by atoms with Crippen molar-refractivity contribution >= 4 is 12.1 Å². The normalized spacial score (nSPS) is 9.09. The van der Waals surface area contributed by atoms with Gasteiger partial charge in [-0.2, -0.15) is 0 Å². The van der Waals surface area contributed by atoms with Crippen LogP contribution in [0.4, 0.5) is 0 Å². The number of pyridine rings is 1. The number of hydrogen-bond acceptors (Lipinski definition) is 3. The summed E-state index contributed by atoms with van der Waals surface area (Å²) in [6.45, 7) is 0. The summed E-state index contributed by atoms with van der Waals surface area (Å²) in [7, 11) is 0. The summed E-state index contributed by atoms with van der Waals surface area (Å²) in [5.41, 5.74) is 0.347. The molecule has 0 saturated carbocycles. The van der Waals surface area contributed by atoms with Crippen molar-refractivity contribution in [2.75, 3.05) is 0 Å². The van der Waals surface area contributed by atoms with Crippen molar-refractivity contribution in [3.63, 3.8) is 0 Å². The van der Waals surface area contributed by atoms with Crippen LogP contribution < -0.4 is 0 Å². The minimum atomic E-state index is -0.236. The Morgan fingerprint density at radius 1 is 1.55 bits per heavy atom. The summed E-state index contributed by atoms with van der Waals surface area (Å²) in [5, 5.41) is 0. The number of carbonyl (C=O) groups excluding carboxylic acids is 2. The van der Waals surface area contributed by atoms with Crippen LogP contribution in [0.2, 0.25) is 0 Å². The standard InChI is InChI=1S/C8H7NO2/c10-6-4-8(11)7-3-1-2-5-9-7/h1-3,5-6H,4H2. The molecule has 0 aliphatic carbocycles. The first-order valence-corrected chi connectivity index (χ1v) is 3.22. The zero-order valence-corrected chi connectivity index (χ0v) is 5.86. The van der Waals surface area contributed by atoms with E-state index in [1.807, 2.05) is 0 Å². The lowest BCUT2D eigenvalue weighted by Crippen LogP contribution is -2.01. The van der Waals surface area contributed by atoms with E-state index in [2.05, 4.69) is 4.98 Å². The smallest absolute Gasteiger partial charge is 0.188 e. The highest BCUT2D eigenvalue weighted by molar-refractivity contribution is 6.01. The third-order valence-electron chi connectivity index (χ3n) is 1.22. The van der Waals surface area contributed by atoms with Crippen LogP contribution in [0.5, 0.6) is 0 Å². The average molecular weight is 149 g/mol. The van der Waals surface area contributed by atoms with Gasteiger partial charge in [0.15, 0.2) is 5.78 Å². The van der Waals surface area contributed by atoms with Crippen molar-refractivity contribution in [1.82, 2.24) is 4.98 Å². The van der Waals surface area contributed by atoms with Crippen LogP contribution in [-0.2, 0) is 4.79 Å². The number of aldehydes is 1. The molecule has 0 bridgehead atoms. The van der Waals surface area contributed by atoms with Crippen molar-refractivity contribution in [2.24, 2.45) is 0 Å².